The first-order chi connectivity index (χ1) is 16.7. The van der Waals surface area contributed by atoms with Crippen molar-refractivity contribution in [2.24, 2.45) is 5.73 Å². The molecular formula is C25H27ClN4O5. The number of benzene rings is 2. The van der Waals surface area contributed by atoms with E-state index in [1.165, 1.54) is 11.8 Å². The van der Waals surface area contributed by atoms with Gasteiger partial charge in [-0.3, -0.25) is 15.0 Å². The summed E-state index contributed by atoms with van der Waals surface area (Å²) in [5, 5.41) is 11.5. The van der Waals surface area contributed by atoms with Gasteiger partial charge in [-0.25, -0.2) is 0 Å². The number of primary amides is 1. The molecule has 0 aliphatic carbocycles. The second-order valence-corrected chi connectivity index (χ2v) is 8.33. The Labute approximate surface area is 208 Å². The van der Waals surface area contributed by atoms with E-state index in [2.05, 4.69) is 5.32 Å². The number of ketones is 1. The Bertz CT molecular complexity index is 1180. The van der Waals surface area contributed by atoms with Gasteiger partial charge in [-0.05, 0) is 62.2 Å². The van der Waals surface area contributed by atoms with Crippen LogP contribution >= 0.6 is 11.6 Å². The molecule has 0 aromatic heterocycles. The maximum atomic E-state index is 13.5. The van der Waals surface area contributed by atoms with Crippen molar-refractivity contribution in [1.82, 2.24) is 0 Å². The number of Topliss-reactive ketones (excluding diaryl/α,β-unsaturated/α-hetero) is 1. The first-order valence-corrected chi connectivity index (χ1v) is 11.4. The van der Waals surface area contributed by atoms with Gasteiger partial charge in [-0.1, -0.05) is 11.6 Å². The molecule has 0 spiro atoms. The Hall–Kier alpha value is -3.85. The molecule has 0 bridgehead atoms. The van der Waals surface area contributed by atoms with Gasteiger partial charge in [-0.2, -0.15) is 0 Å². The van der Waals surface area contributed by atoms with E-state index in [1.807, 2.05) is 0 Å². The van der Waals surface area contributed by atoms with Crippen LogP contribution in [0.2, 0.25) is 5.02 Å². The molecule has 2 aromatic carbocycles. The summed E-state index contributed by atoms with van der Waals surface area (Å²) in [5.41, 5.74) is 6.37. The van der Waals surface area contributed by atoms with Crippen LogP contribution in [0.5, 0.6) is 11.5 Å². The van der Waals surface area contributed by atoms with E-state index >= 15 is 0 Å². The zero-order valence-corrected chi connectivity index (χ0v) is 20.3. The molecule has 4 N–H and O–H groups in total. The standard InChI is InChI=1S/C25H27ClN4O5/c1-15(31)4-3-13-35-21-10-7-17(14-20(21)26)30-12-11-19(22(27)24(28)32)23(25(30)33)29-16-5-8-18(34-2)9-6-16/h5-10,14,27,29H,3-4,11-13H2,1-2H3,(H2,28,32). The third-order valence-electron chi connectivity index (χ3n) is 5.41. The van der Waals surface area contributed by atoms with E-state index in [4.69, 9.17) is 32.2 Å². The highest BCUT2D eigenvalue weighted by Gasteiger charge is 2.32. The van der Waals surface area contributed by atoms with Crippen molar-refractivity contribution in [2.45, 2.75) is 26.2 Å². The number of amides is 2. The van der Waals surface area contributed by atoms with Crippen molar-refractivity contribution in [3.05, 3.63) is 58.8 Å². The third kappa shape index (κ3) is 6.39. The molecule has 2 amide bonds. The van der Waals surface area contributed by atoms with Crippen LogP contribution in [0.3, 0.4) is 0 Å². The van der Waals surface area contributed by atoms with Crippen molar-refractivity contribution in [3.63, 3.8) is 0 Å². The van der Waals surface area contributed by atoms with E-state index in [0.717, 1.165) is 0 Å². The summed E-state index contributed by atoms with van der Waals surface area (Å²) in [5.74, 6) is -0.158. The van der Waals surface area contributed by atoms with Crippen molar-refractivity contribution < 1.29 is 23.9 Å². The molecule has 0 saturated carbocycles. The van der Waals surface area contributed by atoms with E-state index < -0.39 is 17.5 Å². The fraction of sp³-hybridized carbons (Fsp3) is 0.280. The monoisotopic (exact) mass is 498 g/mol. The van der Waals surface area contributed by atoms with Crippen LogP contribution < -0.4 is 25.4 Å². The molecule has 184 valence electrons. The number of nitrogens with one attached hydrogen (secondary N) is 2. The minimum atomic E-state index is -0.912. The zero-order chi connectivity index (χ0) is 25.5. The number of halogens is 1. The van der Waals surface area contributed by atoms with Crippen LogP contribution in [-0.2, 0) is 14.4 Å². The molecule has 1 aliphatic heterocycles. The van der Waals surface area contributed by atoms with Gasteiger partial charge in [0.15, 0.2) is 0 Å². The summed E-state index contributed by atoms with van der Waals surface area (Å²) >= 11 is 6.39. The number of rotatable bonds is 11. The second kappa shape index (κ2) is 11.5. The van der Waals surface area contributed by atoms with Crippen LogP contribution in [0.1, 0.15) is 26.2 Å². The summed E-state index contributed by atoms with van der Waals surface area (Å²) in [6.45, 7) is 2.10. The Morgan fingerprint density at radius 2 is 1.91 bits per heavy atom. The number of methoxy groups -OCH3 is 1. The first kappa shape index (κ1) is 25.8. The Balaban J connectivity index is 1.85. The van der Waals surface area contributed by atoms with Gasteiger partial charge < -0.3 is 30.2 Å². The molecule has 2 aromatic rings. The van der Waals surface area contributed by atoms with Gasteiger partial charge in [-0.15, -0.1) is 0 Å². The number of ether oxygens (including phenoxy) is 2. The van der Waals surface area contributed by atoms with E-state index in [1.54, 1.807) is 49.6 Å². The molecule has 10 heteroatoms. The summed E-state index contributed by atoms with van der Waals surface area (Å²) in [4.78, 5) is 37.8. The van der Waals surface area contributed by atoms with Crippen molar-refractivity contribution >= 4 is 46.3 Å². The summed E-state index contributed by atoms with van der Waals surface area (Å²) in [6.07, 6.45) is 1.25. The number of carbonyl (C=O) groups excluding carboxylic acids is 3. The quantitative estimate of drug-likeness (QED) is 0.319. The van der Waals surface area contributed by atoms with Gasteiger partial charge >= 0.3 is 0 Å². The minimum absolute atomic E-state index is 0.0888. The van der Waals surface area contributed by atoms with Crippen LogP contribution in [0.4, 0.5) is 11.4 Å². The van der Waals surface area contributed by atoms with Gasteiger partial charge in [0.1, 0.15) is 28.7 Å². The van der Waals surface area contributed by atoms with Crippen molar-refractivity contribution in [2.75, 3.05) is 30.5 Å². The zero-order valence-electron chi connectivity index (χ0n) is 19.5. The average Bonchev–Trinajstić information content (AvgIpc) is 2.83. The lowest BCUT2D eigenvalue weighted by Crippen LogP contribution is -2.42. The summed E-state index contributed by atoms with van der Waals surface area (Å²) < 4.78 is 10.8. The summed E-state index contributed by atoms with van der Waals surface area (Å²) in [7, 11) is 1.55. The topological polar surface area (TPSA) is 135 Å². The molecule has 0 radical (unpaired) electrons. The minimum Gasteiger partial charge on any atom is -0.497 e. The lowest BCUT2D eigenvalue weighted by molar-refractivity contribution is -0.117. The second-order valence-electron chi connectivity index (χ2n) is 7.92. The maximum Gasteiger partial charge on any atom is 0.275 e. The lowest BCUT2D eigenvalue weighted by atomic mass is 9.98. The molecule has 35 heavy (non-hydrogen) atoms. The highest BCUT2D eigenvalue weighted by molar-refractivity contribution is 6.45. The van der Waals surface area contributed by atoms with Gasteiger partial charge in [0.05, 0.1) is 18.7 Å². The molecule has 3 rings (SSSR count). The Morgan fingerprint density at radius 1 is 1.20 bits per heavy atom. The molecule has 0 unspecified atom stereocenters. The fourth-order valence-corrected chi connectivity index (χ4v) is 3.81. The summed E-state index contributed by atoms with van der Waals surface area (Å²) in [6, 6.07) is 11.9. The fourth-order valence-electron chi connectivity index (χ4n) is 3.58. The SMILES string of the molecule is COc1ccc(NC2=C(C(=N)C(N)=O)CCN(c3ccc(OCCCC(C)=O)c(Cl)c3)C2=O)cc1. The van der Waals surface area contributed by atoms with Gasteiger partial charge in [0.25, 0.3) is 11.8 Å². The molecular weight excluding hydrogens is 472 g/mol. The van der Waals surface area contributed by atoms with Gasteiger partial charge in [0, 0.05) is 29.9 Å². The van der Waals surface area contributed by atoms with Crippen LogP contribution in [-0.4, -0.2) is 43.6 Å². The maximum absolute atomic E-state index is 13.5. The number of hydrogen-bond donors (Lipinski definition) is 3. The number of nitrogens with zero attached hydrogens (tertiary/aromatic N) is 1. The average molecular weight is 499 g/mol. The molecule has 1 aliphatic rings. The highest BCUT2D eigenvalue weighted by Crippen LogP contribution is 2.33. The third-order valence-corrected chi connectivity index (χ3v) is 5.71. The van der Waals surface area contributed by atoms with Crippen LogP contribution in [0, 0.1) is 5.41 Å². The molecule has 1 heterocycles. The van der Waals surface area contributed by atoms with Crippen LogP contribution in [0.15, 0.2) is 53.7 Å². The number of anilines is 2. The normalized spacial score (nSPS) is 13.5. The van der Waals surface area contributed by atoms with E-state index in [9.17, 15) is 14.4 Å². The predicted molar refractivity (Wildman–Crippen MR) is 134 cm³/mol. The predicted octanol–water partition coefficient (Wildman–Crippen LogP) is 3.70. The number of carbonyl (C=O) groups is 3. The largest absolute Gasteiger partial charge is 0.497 e. The molecule has 0 fully saturated rings. The van der Waals surface area contributed by atoms with Gasteiger partial charge in [0.2, 0.25) is 0 Å². The van der Waals surface area contributed by atoms with Crippen molar-refractivity contribution in [1.29, 1.82) is 5.41 Å². The van der Waals surface area contributed by atoms with E-state index in [-0.39, 0.29) is 30.0 Å². The van der Waals surface area contributed by atoms with E-state index in [0.29, 0.717) is 47.3 Å². The lowest BCUT2D eigenvalue weighted by Gasteiger charge is -2.31. The number of nitrogens with two attached hydrogens (primary N) is 1. The Morgan fingerprint density at radius 3 is 2.51 bits per heavy atom. The molecule has 9 nitrogen and oxygen atoms in total. The highest BCUT2D eigenvalue weighted by atomic mass is 35.5. The van der Waals surface area contributed by atoms with Crippen LogP contribution in [0.25, 0.3) is 0 Å². The molecule has 0 atom stereocenters. The smallest absolute Gasteiger partial charge is 0.275 e. The van der Waals surface area contributed by atoms with Crippen molar-refractivity contribution in [3.8, 4) is 11.5 Å². The Kier molecular flexibility index (Phi) is 8.48. The molecule has 0 saturated heterocycles. The first-order valence-electron chi connectivity index (χ1n) is 11.0. The number of hydrogen-bond acceptors (Lipinski definition) is 7.